The molecule has 0 aromatic carbocycles. The summed E-state index contributed by atoms with van der Waals surface area (Å²) >= 11 is 7.92. The van der Waals surface area contributed by atoms with E-state index in [1.807, 2.05) is 53.6 Å². The number of aryl methyl sites for hydroxylation is 1. The first kappa shape index (κ1) is 30.7. The van der Waals surface area contributed by atoms with Crippen molar-refractivity contribution in [1.82, 2.24) is 29.9 Å². The topological polar surface area (TPSA) is 137 Å². The van der Waals surface area contributed by atoms with E-state index in [1.165, 1.54) is 11.3 Å². The molecule has 0 radical (unpaired) electrons. The third-order valence-corrected chi connectivity index (χ3v) is 8.83. The Kier molecular flexibility index (Phi) is 8.37. The Balaban J connectivity index is 1.41. The van der Waals surface area contributed by atoms with Gasteiger partial charge >= 0.3 is 6.09 Å². The van der Waals surface area contributed by atoms with Crippen LogP contribution in [-0.2, 0) is 16.6 Å². The summed E-state index contributed by atoms with van der Waals surface area (Å²) in [6.07, 6.45) is 3.91. The summed E-state index contributed by atoms with van der Waals surface area (Å²) in [4.78, 5) is 37.6. The van der Waals surface area contributed by atoms with Crippen LogP contribution in [0.25, 0.3) is 11.5 Å². The molecule has 0 bridgehead atoms. The number of ether oxygens (including phenoxy) is 1. The number of halogens is 1. The highest BCUT2D eigenvalue weighted by molar-refractivity contribution is 7.16. The van der Waals surface area contributed by atoms with Gasteiger partial charge in [-0.25, -0.2) is 19.8 Å². The van der Waals surface area contributed by atoms with Crippen LogP contribution >= 0.6 is 22.9 Å². The lowest BCUT2D eigenvalue weighted by atomic mass is 9.72. The number of carbonyl (C=O) groups excluding carboxylic acids is 1. The van der Waals surface area contributed by atoms with Crippen LogP contribution in [0.3, 0.4) is 0 Å². The van der Waals surface area contributed by atoms with Crippen molar-refractivity contribution < 1.29 is 14.1 Å². The van der Waals surface area contributed by atoms with Crippen molar-refractivity contribution in [2.45, 2.75) is 70.9 Å². The molecule has 1 amide bonds. The molecule has 12 nitrogen and oxygen atoms in total. The number of aliphatic imine (C=N–C) groups is 1. The molecular weight excluding hydrogens is 590 g/mol. The summed E-state index contributed by atoms with van der Waals surface area (Å²) in [5.74, 6) is 1.31. The van der Waals surface area contributed by atoms with E-state index in [0.717, 1.165) is 29.7 Å². The number of fused-ring (bicyclic) bond motifs is 1. The fourth-order valence-corrected chi connectivity index (χ4v) is 6.96. The van der Waals surface area contributed by atoms with E-state index in [-0.39, 0.29) is 23.2 Å². The van der Waals surface area contributed by atoms with Crippen molar-refractivity contribution in [2.24, 2.45) is 4.99 Å². The Labute approximate surface area is 260 Å². The van der Waals surface area contributed by atoms with Gasteiger partial charge in [0, 0.05) is 56.3 Å². The number of anilines is 1. The molecule has 43 heavy (non-hydrogen) atoms. The van der Waals surface area contributed by atoms with Crippen molar-refractivity contribution >= 4 is 46.2 Å². The molecule has 14 heteroatoms. The van der Waals surface area contributed by atoms with Crippen LogP contribution in [-0.4, -0.2) is 87.7 Å². The van der Waals surface area contributed by atoms with Gasteiger partial charge < -0.3 is 24.0 Å². The normalized spacial score (nSPS) is 20.7. The lowest BCUT2D eigenvalue weighted by molar-refractivity contribution is 0.0158. The van der Waals surface area contributed by atoms with E-state index in [0.29, 0.717) is 47.6 Å². The van der Waals surface area contributed by atoms with Crippen LogP contribution in [0.5, 0.6) is 0 Å². The van der Waals surface area contributed by atoms with Gasteiger partial charge in [-0.2, -0.15) is 10.2 Å². The number of hydrogen-bond acceptors (Lipinski definition) is 11. The maximum absolute atomic E-state index is 12.7. The highest BCUT2D eigenvalue weighted by Crippen LogP contribution is 2.50. The number of thiophene rings is 1. The van der Waals surface area contributed by atoms with E-state index in [2.05, 4.69) is 31.1 Å². The van der Waals surface area contributed by atoms with Gasteiger partial charge in [-0.15, -0.1) is 11.3 Å². The van der Waals surface area contributed by atoms with Crippen LogP contribution in [0, 0.1) is 11.3 Å². The molecule has 0 N–H and O–H groups in total. The lowest BCUT2D eigenvalue weighted by Crippen LogP contribution is -2.55. The van der Waals surface area contributed by atoms with Gasteiger partial charge in [-0.1, -0.05) is 5.16 Å². The monoisotopic (exact) mass is 625 g/mol. The molecule has 3 aromatic rings. The van der Waals surface area contributed by atoms with Crippen molar-refractivity contribution in [3.8, 4) is 17.6 Å². The molecule has 0 unspecified atom stereocenters. The second kappa shape index (κ2) is 11.7. The molecule has 3 aromatic heterocycles. The Morgan fingerprint density at radius 3 is 2.77 bits per heavy atom. The van der Waals surface area contributed by atoms with Gasteiger partial charge in [0.2, 0.25) is 17.0 Å². The largest absolute Gasteiger partial charge is 0.444 e. The Morgan fingerprint density at radius 2 is 2.09 bits per heavy atom. The first-order valence-electron chi connectivity index (χ1n) is 14.2. The zero-order valence-corrected chi connectivity index (χ0v) is 27.1. The SMILES string of the molecule is C[C@@H]1CN(c2cc(-c3noc([C@@]4(C)CCCc5sc(/N=C/N(C)C)c(C#N)c54)n3)nc(Cl)n2)CCN1C(=O)OC(C)(C)C. The third-order valence-electron chi connectivity index (χ3n) is 7.50. The number of nitriles is 1. The lowest BCUT2D eigenvalue weighted by Gasteiger charge is -2.40. The minimum absolute atomic E-state index is 0.0558. The summed E-state index contributed by atoms with van der Waals surface area (Å²) in [6, 6.07) is 4.05. The Morgan fingerprint density at radius 1 is 1.33 bits per heavy atom. The molecule has 4 heterocycles. The summed E-state index contributed by atoms with van der Waals surface area (Å²) in [5, 5.41) is 15.1. The van der Waals surface area contributed by atoms with Crippen LogP contribution in [0.1, 0.15) is 69.4 Å². The molecule has 0 spiro atoms. The molecule has 1 aliphatic carbocycles. The minimum Gasteiger partial charge on any atom is -0.444 e. The van der Waals surface area contributed by atoms with Crippen molar-refractivity contribution in [1.29, 1.82) is 5.26 Å². The first-order chi connectivity index (χ1) is 20.3. The van der Waals surface area contributed by atoms with Gasteiger partial charge in [0.05, 0.1) is 17.3 Å². The summed E-state index contributed by atoms with van der Waals surface area (Å²) in [5.41, 5.74) is 0.663. The third kappa shape index (κ3) is 6.31. The Hall–Kier alpha value is -3.76. The number of piperazine rings is 1. The van der Waals surface area contributed by atoms with E-state index in [9.17, 15) is 10.1 Å². The molecule has 2 atom stereocenters. The van der Waals surface area contributed by atoms with Crippen molar-refractivity contribution in [2.75, 3.05) is 38.6 Å². The van der Waals surface area contributed by atoms with Gasteiger partial charge in [-0.05, 0) is 65.5 Å². The number of amides is 1. The highest BCUT2D eigenvalue weighted by Gasteiger charge is 2.43. The van der Waals surface area contributed by atoms with Crippen molar-refractivity contribution in [3.63, 3.8) is 0 Å². The van der Waals surface area contributed by atoms with E-state index in [1.54, 1.807) is 17.3 Å². The van der Waals surface area contributed by atoms with Crippen molar-refractivity contribution in [3.05, 3.63) is 33.2 Å². The highest BCUT2D eigenvalue weighted by atomic mass is 35.5. The van der Waals surface area contributed by atoms with Crippen LogP contribution in [0.4, 0.5) is 15.6 Å². The van der Waals surface area contributed by atoms with Gasteiger partial charge in [0.15, 0.2) is 0 Å². The van der Waals surface area contributed by atoms with Gasteiger partial charge in [0.25, 0.3) is 0 Å². The maximum atomic E-state index is 12.7. The standard InChI is InChI=1S/C29H36ClN9O3S/c1-17-15-38(11-12-39(17)27(40)41-28(2,3)4)21-13-19(33-26(30)34-21)23-35-25(42-36-23)29(5)10-8-9-20-22(29)18(14-31)24(43-20)32-16-37(6)7/h13,16-17H,8-12,15H2,1-7H3/b32-16+/t17-,29+/m1/s1. The second-order valence-corrected chi connectivity index (χ2v) is 13.8. The fourth-order valence-electron chi connectivity index (χ4n) is 5.52. The van der Waals surface area contributed by atoms with Gasteiger partial charge in [-0.3, -0.25) is 0 Å². The van der Waals surface area contributed by atoms with E-state index >= 15 is 0 Å². The number of nitrogens with zero attached hydrogens (tertiary/aromatic N) is 9. The number of hydrogen-bond donors (Lipinski definition) is 0. The van der Waals surface area contributed by atoms with Crippen LogP contribution in [0.15, 0.2) is 15.6 Å². The molecular formula is C29H36ClN9O3S. The van der Waals surface area contributed by atoms with E-state index < -0.39 is 11.0 Å². The molecule has 1 fully saturated rings. The molecule has 1 saturated heterocycles. The Bertz CT molecular complexity index is 1590. The molecule has 0 saturated carbocycles. The average molecular weight is 626 g/mol. The first-order valence-corrected chi connectivity index (χ1v) is 15.4. The molecule has 5 rings (SSSR count). The minimum atomic E-state index is -0.653. The molecule has 1 aliphatic heterocycles. The van der Waals surface area contributed by atoms with E-state index in [4.69, 9.17) is 25.8 Å². The predicted octanol–water partition coefficient (Wildman–Crippen LogP) is 5.42. The number of aromatic nitrogens is 4. The zero-order valence-electron chi connectivity index (χ0n) is 25.5. The zero-order chi connectivity index (χ0) is 31.1. The van der Waals surface area contributed by atoms with Gasteiger partial charge in [0.1, 0.15) is 28.2 Å². The quantitative estimate of drug-likeness (QED) is 0.205. The maximum Gasteiger partial charge on any atom is 0.410 e. The molecule has 2 aliphatic rings. The van der Waals surface area contributed by atoms with Crippen LogP contribution < -0.4 is 4.90 Å². The number of rotatable bonds is 5. The fraction of sp³-hybridized carbons (Fsp3) is 0.552. The summed E-state index contributed by atoms with van der Waals surface area (Å²) in [7, 11) is 3.78. The predicted molar refractivity (Wildman–Crippen MR) is 165 cm³/mol. The number of carbonyl (C=O) groups is 1. The summed E-state index contributed by atoms with van der Waals surface area (Å²) in [6.45, 7) is 11.1. The van der Waals surface area contributed by atoms with Crippen LogP contribution in [0.2, 0.25) is 5.28 Å². The molecule has 228 valence electrons. The average Bonchev–Trinajstić information content (AvgIpc) is 3.57. The second-order valence-electron chi connectivity index (χ2n) is 12.4. The summed E-state index contributed by atoms with van der Waals surface area (Å²) < 4.78 is 11.4. The smallest absolute Gasteiger partial charge is 0.410 e.